The number of ether oxygens (including phenoxy) is 3. The summed E-state index contributed by atoms with van der Waals surface area (Å²) in [6, 6.07) is 5.23. The van der Waals surface area contributed by atoms with Crippen LogP contribution in [0.1, 0.15) is 26.3 Å². The van der Waals surface area contributed by atoms with Crippen molar-refractivity contribution in [2.24, 2.45) is 0 Å². The van der Waals surface area contributed by atoms with Gasteiger partial charge >= 0.3 is 12.1 Å². The maximum Gasteiger partial charge on any atom is 0.414 e. The summed E-state index contributed by atoms with van der Waals surface area (Å²) in [5.41, 5.74) is -1.44. The smallest absolute Gasteiger partial charge is 0.414 e. The Morgan fingerprint density at radius 3 is 2.67 bits per heavy atom. The number of rotatable bonds is 4. The van der Waals surface area contributed by atoms with Gasteiger partial charge in [0.1, 0.15) is 5.82 Å². The van der Waals surface area contributed by atoms with Gasteiger partial charge in [0.25, 0.3) is 5.78 Å². The lowest BCUT2D eigenvalue weighted by Gasteiger charge is -2.23. The quantitative estimate of drug-likeness (QED) is 0.846. The van der Waals surface area contributed by atoms with Crippen LogP contribution in [0.4, 0.5) is 9.18 Å². The number of amides is 1. The molecule has 0 aliphatic carbocycles. The molecule has 0 aromatic heterocycles. The van der Waals surface area contributed by atoms with Gasteiger partial charge in [0.05, 0.1) is 6.61 Å². The molecule has 0 saturated carbocycles. The first kappa shape index (κ1) is 17.5. The zero-order chi connectivity index (χ0) is 17.9. The van der Waals surface area contributed by atoms with E-state index in [0.717, 1.165) is 13.0 Å². The highest BCUT2D eigenvalue weighted by Gasteiger charge is 2.50. The number of carbonyl (C=O) groups excluding carboxylic acids is 3. The van der Waals surface area contributed by atoms with E-state index >= 15 is 0 Å². The van der Waals surface area contributed by atoms with Crippen molar-refractivity contribution in [2.45, 2.75) is 26.4 Å². The number of esters is 1. The van der Waals surface area contributed by atoms with E-state index in [4.69, 9.17) is 14.2 Å². The lowest BCUT2D eigenvalue weighted by Crippen LogP contribution is -2.32. The Hall–Kier alpha value is -2.90. The van der Waals surface area contributed by atoms with Crippen molar-refractivity contribution >= 4 is 17.8 Å². The molecule has 0 radical (unpaired) electrons. The van der Waals surface area contributed by atoms with Crippen molar-refractivity contribution in [2.75, 3.05) is 6.61 Å². The summed E-state index contributed by atoms with van der Waals surface area (Å²) in [6.07, 6.45) is -0.881. The number of carbonyl (C=O) groups is 3. The second-order valence-electron chi connectivity index (χ2n) is 5.07. The Bertz CT molecular complexity index is 729. The van der Waals surface area contributed by atoms with E-state index in [1.807, 2.05) is 0 Å². The minimum Gasteiger partial charge on any atom is -0.456 e. The fourth-order valence-electron chi connectivity index (χ4n) is 2.17. The van der Waals surface area contributed by atoms with E-state index in [9.17, 15) is 18.8 Å². The van der Waals surface area contributed by atoms with Crippen molar-refractivity contribution < 1.29 is 33.0 Å². The molecule has 128 valence electrons. The van der Waals surface area contributed by atoms with E-state index in [1.165, 1.54) is 25.1 Å². The molecule has 1 N–H and O–H groups in total. The number of ketones is 1. The Kier molecular flexibility index (Phi) is 4.87. The second kappa shape index (κ2) is 6.69. The van der Waals surface area contributed by atoms with Crippen LogP contribution in [-0.4, -0.2) is 24.5 Å². The number of halogens is 1. The second-order valence-corrected chi connectivity index (χ2v) is 5.07. The topological polar surface area (TPSA) is 90.9 Å². The predicted octanol–water partition coefficient (Wildman–Crippen LogP) is 2.12. The standard InChI is InChI=1S/C16H16FNO6/c1-4-22-15(21)18-14-12(23-9(2)19)13(20)16(3,24-14)10-6-5-7-11(17)8-10/h5-8H,4H2,1-3H3,(H,18,21). The van der Waals surface area contributed by atoms with Crippen LogP contribution < -0.4 is 5.32 Å². The summed E-state index contributed by atoms with van der Waals surface area (Å²) in [7, 11) is 0. The summed E-state index contributed by atoms with van der Waals surface area (Å²) in [5.74, 6) is -2.89. The molecule has 1 heterocycles. The van der Waals surface area contributed by atoms with E-state index in [0.29, 0.717) is 0 Å². The van der Waals surface area contributed by atoms with Crippen molar-refractivity contribution in [3.05, 3.63) is 47.3 Å². The number of benzene rings is 1. The van der Waals surface area contributed by atoms with Gasteiger partial charge in [0.15, 0.2) is 5.60 Å². The molecular formula is C16H16FNO6. The molecule has 7 nitrogen and oxygen atoms in total. The number of hydrogen-bond acceptors (Lipinski definition) is 6. The molecule has 0 spiro atoms. The molecule has 0 fully saturated rings. The molecule has 1 aliphatic heterocycles. The van der Waals surface area contributed by atoms with Crippen LogP contribution in [0.15, 0.2) is 35.9 Å². The zero-order valence-electron chi connectivity index (χ0n) is 13.3. The monoisotopic (exact) mass is 337 g/mol. The third-order valence-corrected chi connectivity index (χ3v) is 3.26. The molecule has 1 aromatic carbocycles. The first-order valence-corrected chi connectivity index (χ1v) is 7.14. The number of hydrogen-bond donors (Lipinski definition) is 1. The van der Waals surface area contributed by atoms with Crippen LogP contribution in [-0.2, 0) is 29.4 Å². The summed E-state index contributed by atoms with van der Waals surface area (Å²) in [6.45, 7) is 4.17. The molecule has 1 atom stereocenters. The minimum absolute atomic E-state index is 0.0944. The van der Waals surface area contributed by atoms with Crippen LogP contribution in [0.5, 0.6) is 0 Å². The molecule has 0 bridgehead atoms. The van der Waals surface area contributed by atoms with Crippen LogP contribution in [0.3, 0.4) is 0 Å². The van der Waals surface area contributed by atoms with Gasteiger partial charge in [-0.2, -0.15) is 0 Å². The molecule has 1 aromatic rings. The van der Waals surface area contributed by atoms with Crippen LogP contribution in [0.2, 0.25) is 0 Å². The van der Waals surface area contributed by atoms with Gasteiger partial charge in [0.2, 0.25) is 11.6 Å². The van der Waals surface area contributed by atoms with Gasteiger partial charge < -0.3 is 14.2 Å². The largest absolute Gasteiger partial charge is 0.456 e. The van der Waals surface area contributed by atoms with Gasteiger partial charge in [-0.25, -0.2) is 9.18 Å². The van der Waals surface area contributed by atoms with E-state index in [1.54, 1.807) is 6.92 Å². The Morgan fingerprint density at radius 1 is 1.38 bits per heavy atom. The Morgan fingerprint density at radius 2 is 2.08 bits per heavy atom. The maximum atomic E-state index is 13.5. The molecule has 8 heteroatoms. The highest BCUT2D eigenvalue weighted by atomic mass is 19.1. The zero-order valence-corrected chi connectivity index (χ0v) is 13.3. The van der Waals surface area contributed by atoms with E-state index < -0.39 is 35.0 Å². The Labute approximate surface area is 137 Å². The third kappa shape index (κ3) is 3.37. The number of Topliss-reactive ketones (excluding diaryl/α,β-unsaturated/α-hetero) is 1. The highest BCUT2D eigenvalue weighted by molar-refractivity contribution is 6.04. The van der Waals surface area contributed by atoms with Gasteiger partial charge in [-0.3, -0.25) is 14.9 Å². The van der Waals surface area contributed by atoms with Crippen LogP contribution in [0.25, 0.3) is 0 Å². The summed E-state index contributed by atoms with van der Waals surface area (Å²) >= 11 is 0. The average Bonchev–Trinajstić information content (AvgIpc) is 2.73. The van der Waals surface area contributed by atoms with Gasteiger partial charge in [0, 0.05) is 12.5 Å². The van der Waals surface area contributed by atoms with Crippen molar-refractivity contribution in [3.63, 3.8) is 0 Å². The lowest BCUT2D eigenvalue weighted by molar-refractivity contribution is -0.142. The van der Waals surface area contributed by atoms with Crippen molar-refractivity contribution in [3.8, 4) is 0 Å². The van der Waals surface area contributed by atoms with Gasteiger partial charge in [-0.1, -0.05) is 12.1 Å². The number of alkyl carbamates (subject to hydrolysis) is 1. The third-order valence-electron chi connectivity index (χ3n) is 3.26. The average molecular weight is 337 g/mol. The Balaban J connectivity index is 2.39. The minimum atomic E-state index is -1.65. The van der Waals surface area contributed by atoms with Gasteiger partial charge in [-0.15, -0.1) is 0 Å². The van der Waals surface area contributed by atoms with E-state index in [-0.39, 0.29) is 18.1 Å². The molecule has 24 heavy (non-hydrogen) atoms. The number of nitrogens with one attached hydrogen (secondary N) is 1. The molecular weight excluding hydrogens is 321 g/mol. The molecule has 0 saturated heterocycles. The van der Waals surface area contributed by atoms with Crippen molar-refractivity contribution in [1.29, 1.82) is 0 Å². The highest BCUT2D eigenvalue weighted by Crippen LogP contribution is 2.38. The molecule has 2 rings (SSSR count). The first-order valence-electron chi connectivity index (χ1n) is 7.14. The first-order chi connectivity index (χ1) is 11.3. The van der Waals surface area contributed by atoms with Crippen LogP contribution in [0, 0.1) is 5.82 Å². The van der Waals surface area contributed by atoms with Gasteiger partial charge in [-0.05, 0) is 26.0 Å². The summed E-state index contributed by atoms with van der Waals surface area (Å²) < 4.78 is 28.6. The SMILES string of the molecule is CCOC(=O)NC1=C(OC(C)=O)C(=O)C(C)(c2cccc(F)c2)O1. The molecule has 1 amide bonds. The summed E-state index contributed by atoms with van der Waals surface area (Å²) in [5, 5.41) is 2.21. The molecule has 1 unspecified atom stereocenters. The molecule has 1 aliphatic rings. The lowest BCUT2D eigenvalue weighted by atomic mass is 9.91. The van der Waals surface area contributed by atoms with E-state index in [2.05, 4.69) is 5.32 Å². The summed E-state index contributed by atoms with van der Waals surface area (Å²) in [4.78, 5) is 35.5. The fourth-order valence-corrected chi connectivity index (χ4v) is 2.17. The van der Waals surface area contributed by atoms with Crippen LogP contribution >= 0.6 is 0 Å². The predicted molar refractivity (Wildman–Crippen MR) is 78.8 cm³/mol. The fraction of sp³-hybridized carbons (Fsp3) is 0.312. The van der Waals surface area contributed by atoms with Crippen molar-refractivity contribution in [1.82, 2.24) is 5.32 Å². The maximum absolute atomic E-state index is 13.5. The normalized spacial score (nSPS) is 19.8.